The third kappa shape index (κ3) is 25.1. The van der Waals surface area contributed by atoms with Crippen molar-refractivity contribution in [3.05, 3.63) is 59.7 Å². The zero-order valence-corrected chi connectivity index (χ0v) is 44.6. The van der Waals surface area contributed by atoms with E-state index in [0.717, 1.165) is 0 Å². The van der Waals surface area contributed by atoms with E-state index in [1.807, 2.05) is 0 Å². The number of hydrogen-bond donors (Lipinski definition) is 16. The van der Waals surface area contributed by atoms with Crippen LogP contribution < -0.4 is 65.5 Å². The molecule has 10 amide bonds. The lowest BCUT2D eigenvalue weighted by Crippen LogP contribution is -2.60. The highest BCUT2D eigenvalue weighted by Gasteiger charge is 2.36. The van der Waals surface area contributed by atoms with Crippen molar-refractivity contribution in [3.63, 3.8) is 0 Å². The van der Waals surface area contributed by atoms with Gasteiger partial charge in [-0.3, -0.25) is 52.7 Å². The van der Waals surface area contributed by atoms with E-state index < -0.39 is 157 Å². The summed E-state index contributed by atoms with van der Waals surface area (Å²) in [6, 6.07) is -0.981. The van der Waals surface area contributed by atoms with Crippen molar-refractivity contribution in [1.82, 2.24) is 42.5 Å². The monoisotopic (exact) mass is 1110 g/mol. The van der Waals surface area contributed by atoms with E-state index >= 15 is 0 Å². The van der Waals surface area contributed by atoms with Crippen molar-refractivity contribution in [3.8, 4) is 11.5 Å². The summed E-state index contributed by atoms with van der Waals surface area (Å²) < 4.78 is 0. The maximum Gasteiger partial charge on any atom is 0.326 e. The second kappa shape index (κ2) is 33.7. The molecule has 0 saturated carbocycles. The zero-order chi connectivity index (χ0) is 59.5. The van der Waals surface area contributed by atoms with Gasteiger partial charge >= 0.3 is 11.9 Å². The maximum absolute atomic E-state index is 14.4. The molecule has 0 aliphatic heterocycles. The Bertz CT molecular complexity index is 2440. The molecule has 0 aromatic heterocycles. The van der Waals surface area contributed by atoms with Crippen LogP contribution in [0.1, 0.15) is 96.6 Å². The van der Waals surface area contributed by atoms with Crippen molar-refractivity contribution in [2.24, 2.45) is 34.8 Å². The topological polar surface area (TPSA) is 486 Å². The number of unbranched alkanes of at least 4 members (excludes halogenated alkanes) is 1. The van der Waals surface area contributed by atoms with Gasteiger partial charge in [0.1, 0.15) is 53.8 Å². The van der Waals surface area contributed by atoms with E-state index in [2.05, 4.69) is 42.5 Å². The molecule has 20 N–H and O–H groups in total. The molecule has 0 aliphatic carbocycles. The number of rotatable bonds is 36. The van der Waals surface area contributed by atoms with Crippen LogP contribution in [0.25, 0.3) is 0 Å². The van der Waals surface area contributed by atoms with Gasteiger partial charge in [-0.15, -0.1) is 0 Å². The minimum atomic E-state index is -1.87. The first-order valence-electron chi connectivity index (χ1n) is 25.6. The van der Waals surface area contributed by atoms with Crippen molar-refractivity contribution in [2.45, 2.75) is 147 Å². The van der Waals surface area contributed by atoms with Crippen LogP contribution in [0.4, 0.5) is 0 Å². The molecule has 0 bridgehead atoms. The molecule has 0 aliphatic rings. The Morgan fingerprint density at radius 1 is 0.532 bits per heavy atom. The van der Waals surface area contributed by atoms with Crippen LogP contribution in [-0.4, -0.2) is 153 Å². The summed E-state index contributed by atoms with van der Waals surface area (Å²) in [5, 5.41) is 58.4. The number of primary amides is 2. The zero-order valence-electron chi connectivity index (χ0n) is 44.6. The molecular formula is C51H76N12O16. The number of nitrogens with two attached hydrogens (primary N) is 4. The summed E-state index contributed by atoms with van der Waals surface area (Å²) in [5.41, 5.74) is 22.9. The Balaban J connectivity index is 2.46. The Labute approximate surface area is 456 Å². The number of benzene rings is 2. The van der Waals surface area contributed by atoms with Crippen molar-refractivity contribution in [1.29, 1.82) is 0 Å². The summed E-state index contributed by atoms with van der Waals surface area (Å²) in [4.78, 5) is 157. The lowest BCUT2D eigenvalue weighted by Gasteiger charge is -2.28. The van der Waals surface area contributed by atoms with Gasteiger partial charge in [0.25, 0.3) is 0 Å². The van der Waals surface area contributed by atoms with Crippen molar-refractivity contribution in [2.75, 3.05) is 13.1 Å². The fourth-order valence-electron chi connectivity index (χ4n) is 7.70. The van der Waals surface area contributed by atoms with Gasteiger partial charge in [-0.1, -0.05) is 58.4 Å². The SMILES string of the molecule is CCC(C)C(NC(=O)CNC(=O)C(Cc1ccc(O)cc1)NC(=O)C(N)CC(N)=O)C(=O)NC(Cc1ccc(O)cc1)C(=O)NC(CCCCN)C(=O)NC(CCC(N)=O)C(=O)NC(CC(=O)O)C(=O)NC(CC(C)C)C(=O)O. The molecule has 0 fully saturated rings. The molecular weight excluding hydrogens is 1040 g/mol. The highest BCUT2D eigenvalue weighted by molar-refractivity contribution is 5.98. The second-order valence-electron chi connectivity index (χ2n) is 19.4. The number of hydrogen-bond acceptors (Lipinski definition) is 16. The molecule has 0 heterocycles. The lowest BCUT2D eigenvalue weighted by molar-refractivity contribution is -0.144. The molecule has 9 atom stereocenters. The third-order valence-electron chi connectivity index (χ3n) is 12.2. The predicted octanol–water partition coefficient (Wildman–Crippen LogP) is -3.36. The normalized spacial score (nSPS) is 14.4. The molecule has 9 unspecified atom stereocenters. The number of carbonyl (C=O) groups is 12. The Hall–Kier alpha value is -8.40. The van der Waals surface area contributed by atoms with Crippen LogP contribution in [0.5, 0.6) is 11.5 Å². The molecule has 0 saturated heterocycles. The van der Waals surface area contributed by atoms with Crippen LogP contribution in [0.3, 0.4) is 0 Å². The number of aromatic hydroxyl groups is 2. The van der Waals surface area contributed by atoms with Gasteiger partial charge in [0, 0.05) is 19.3 Å². The Morgan fingerprint density at radius 2 is 0.987 bits per heavy atom. The molecule has 28 nitrogen and oxygen atoms in total. The molecule has 2 aromatic carbocycles. The fourth-order valence-corrected chi connectivity index (χ4v) is 7.70. The molecule has 79 heavy (non-hydrogen) atoms. The first-order valence-corrected chi connectivity index (χ1v) is 25.6. The third-order valence-corrected chi connectivity index (χ3v) is 12.2. The van der Waals surface area contributed by atoms with Crippen LogP contribution in [0, 0.1) is 11.8 Å². The molecule has 2 aromatic rings. The maximum atomic E-state index is 14.4. The summed E-state index contributed by atoms with van der Waals surface area (Å²) in [7, 11) is 0. The van der Waals surface area contributed by atoms with Gasteiger partial charge < -0.3 is 85.9 Å². The standard InChI is InChI=1S/C51H76N12O16/c1-5-27(4)43(63-41(68)25-56-45(72)35(21-28-9-13-30(64)14-10-28)59-44(71)32(53)23-40(55)67)50(77)61-36(22-29-11-15-31(65)16-12-29)48(75)57-33(8-6-7-19-52)46(73)58-34(17-18-39(54)66)47(74)60-37(24-42(69)70)49(76)62-38(51(78)79)20-26(2)3/h9-16,26-27,32-38,43,64-65H,5-8,17-25,52-53H2,1-4H3,(H2,54,66)(H2,55,67)(H,56,72)(H,57,75)(H,58,73)(H,59,71)(H,60,74)(H,61,77)(H,62,76)(H,63,68)(H,69,70)(H,78,79). The van der Waals surface area contributed by atoms with Crippen molar-refractivity contribution < 1.29 is 78.0 Å². The molecule has 436 valence electrons. The molecule has 28 heteroatoms. The van der Waals surface area contributed by atoms with Crippen LogP contribution in [0.15, 0.2) is 48.5 Å². The smallest absolute Gasteiger partial charge is 0.326 e. The largest absolute Gasteiger partial charge is 0.508 e. The number of carboxylic acids is 2. The lowest BCUT2D eigenvalue weighted by atomic mass is 9.97. The van der Waals surface area contributed by atoms with Gasteiger partial charge in [0.15, 0.2) is 0 Å². The summed E-state index contributed by atoms with van der Waals surface area (Å²) in [6.45, 7) is 6.13. The van der Waals surface area contributed by atoms with Gasteiger partial charge in [0.2, 0.25) is 59.1 Å². The van der Waals surface area contributed by atoms with E-state index in [1.54, 1.807) is 27.7 Å². The van der Waals surface area contributed by atoms with E-state index in [0.29, 0.717) is 24.0 Å². The van der Waals surface area contributed by atoms with E-state index in [4.69, 9.17) is 22.9 Å². The fraction of sp³-hybridized carbons (Fsp3) is 0.529. The minimum Gasteiger partial charge on any atom is -0.508 e. The highest BCUT2D eigenvalue weighted by Crippen LogP contribution is 2.16. The highest BCUT2D eigenvalue weighted by atomic mass is 16.4. The van der Waals surface area contributed by atoms with Gasteiger partial charge in [-0.25, -0.2) is 4.79 Å². The predicted molar refractivity (Wildman–Crippen MR) is 282 cm³/mol. The number of amides is 10. The van der Waals surface area contributed by atoms with E-state index in [-0.39, 0.29) is 56.1 Å². The Morgan fingerprint density at radius 3 is 1.46 bits per heavy atom. The molecule has 0 radical (unpaired) electrons. The molecule has 0 spiro atoms. The van der Waals surface area contributed by atoms with Gasteiger partial charge in [-0.05, 0) is 85.9 Å². The van der Waals surface area contributed by atoms with Crippen LogP contribution >= 0.6 is 0 Å². The van der Waals surface area contributed by atoms with Gasteiger partial charge in [-0.2, -0.15) is 0 Å². The number of aliphatic carboxylic acids is 2. The van der Waals surface area contributed by atoms with Crippen molar-refractivity contribution >= 4 is 71.0 Å². The number of carbonyl (C=O) groups excluding carboxylic acids is 10. The minimum absolute atomic E-state index is 0.0466. The van der Waals surface area contributed by atoms with Gasteiger partial charge in [0.05, 0.1) is 25.4 Å². The molecule has 2 rings (SSSR count). The first kappa shape index (κ1) is 66.7. The van der Waals surface area contributed by atoms with Crippen LogP contribution in [-0.2, 0) is 70.4 Å². The quantitative estimate of drug-likeness (QED) is 0.0296. The van der Waals surface area contributed by atoms with Crippen LogP contribution in [0.2, 0.25) is 0 Å². The Kier molecular flexibility index (Phi) is 28.4. The first-order chi connectivity index (χ1) is 37.1. The second-order valence-corrected chi connectivity index (χ2v) is 19.4. The summed E-state index contributed by atoms with van der Waals surface area (Å²) in [5.74, 6) is -13.7. The average Bonchev–Trinajstić information content (AvgIpc) is 3.37. The summed E-state index contributed by atoms with van der Waals surface area (Å²) in [6.07, 6.45) is -2.28. The number of phenols is 2. The number of phenolic OH excluding ortho intramolecular Hbond substituents is 2. The number of carboxylic acid groups (broad SMARTS) is 2. The average molecular weight is 1110 g/mol. The summed E-state index contributed by atoms with van der Waals surface area (Å²) >= 11 is 0. The van der Waals surface area contributed by atoms with E-state index in [9.17, 15) is 78.0 Å². The number of nitrogens with one attached hydrogen (secondary N) is 8. The van der Waals surface area contributed by atoms with E-state index in [1.165, 1.54) is 48.5 Å².